The van der Waals surface area contributed by atoms with Crippen LogP contribution >= 0.6 is 0 Å². The minimum absolute atomic E-state index is 0.0282. The number of rotatable bonds is 7. The Labute approximate surface area is 116 Å². The average Bonchev–Trinajstić information content (AvgIpc) is 2.43. The van der Waals surface area contributed by atoms with Gasteiger partial charge in [0.15, 0.2) is 0 Å². The average molecular weight is 268 g/mol. The molecule has 1 fully saturated rings. The van der Waals surface area contributed by atoms with Gasteiger partial charge in [-0.1, -0.05) is 40.5 Å². The number of carbonyl (C=O) groups is 2. The number of amides is 2. The van der Waals surface area contributed by atoms with Crippen molar-refractivity contribution < 1.29 is 9.59 Å². The molecule has 1 aliphatic heterocycles. The first-order valence-electron chi connectivity index (χ1n) is 7.69. The van der Waals surface area contributed by atoms with Crippen molar-refractivity contribution >= 4 is 11.8 Å². The highest BCUT2D eigenvalue weighted by atomic mass is 16.2. The van der Waals surface area contributed by atoms with Crippen LogP contribution in [0.4, 0.5) is 0 Å². The van der Waals surface area contributed by atoms with Crippen molar-refractivity contribution in [3.63, 3.8) is 0 Å². The number of carbonyl (C=O) groups excluding carboxylic acids is 2. The largest absolute Gasteiger partial charge is 0.342 e. The zero-order valence-corrected chi connectivity index (χ0v) is 12.8. The molecule has 1 aliphatic rings. The van der Waals surface area contributed by atoms with E-state index in [-0.39, 0.29) is 17.9 Å². The molecule has 1 atom stereocenters. The summed E-state index contributed by atoms with van der Waals surface area (Å²) in [6, 6.07) is -0.333. The molecule has 2 amide bonds. The number of nitrogens with zero attached hydrogens (tertiary/aromatic N) is 1. The van der Waals surface area contributed by atoms with Crippen LogP contribution in [-0.4, -0.2) is 34.8 Å². The molecule has 0 bridgehead atoms. The van der Waals surface area contributed by atoms with Crippen LogP contribution in [0.1, 0.15) is 66.2 Å². The molecule has 1 N–H and O–H groups in total. The number of piperazine rings is 1. The van der Waals surface area contributed by atoms with E-state index in [4.69, 9.17) is 0 Å². The third-order valence-electron chi connectivity index (χ3n) is 4.37. The molecule has 4 nitrogen and oxygen atoms in total. The first-order valence-corrected chi connectivity index (χ1v) is 7.69. The van der Waals surface area contributed by atoms with Gasteiger partial charge in [-0.3, -0.25) is 9.59 Å². The van der Waals surface area contributed by atoms with Crippen LogP contribution < -0.4 is 5.32 Å². The van der Waals surface area contributed by atoms with E-state index in [1.165, 1.54) is 0 Å². The molecule has 0 aromatic carbocycles. The Morgan fingerprint density at radius 2 is 1.74 bits per heavy atom. The van der Waals surface area contributed by atoms with E-state index in [0.717, 1.165) is 19.3 Å². The third-order valence-corrected chi connectivity index (χ3v) is 4.37. The Kier molecular flexibility index (Phi) is 5.83. The van der Waals surface area contributed by atoms with Crippen molar-refractivity contribution in [1.29, 1.82) is 0 Å². The summed E-state index contributed by atoms with van der Waals surface area (Å²) in [4.78, 5) is 26.8. The van der Waals surface area contributed by atoms with Crippen LogP contribution in [0, 0.1) is 0 Å². The zero-order valence-electron chi connectivity index (χ0n) is 12.8. The van der Waals surface area contributed by atoms with E-state index in [0.29, 0.717) is 25.8 Å². The molecule has 0 aliphatic carbocycles. The fourth-order valence-electron chi connectivity index (χ4n) is 2.95. The van der Waals surface area contributed by atoms with Crippen LogP contribution in [0.15, 0.2) is 0 Å². The lowest BCUT2D eigenvalue weighted by atomic mass is 9.85. The van der Waals surface area contributed by atoms with Crippen LogP contribution in [0.5, 0.6) is 0 Å². The molecule has 0 radical (unpaired) electrons. The molecule has 110 valence electrons. The summed E-state index contributed by atoms with van der Waals surface area (Å²) in [6.45, 7) is 8.79. The van der Waals surface area contributed by atoms with Gasteiger partial charge < -0.3 is 10.2 Å². The van der Waals surface area contributed by atoms with E-state index in [9.17, 15) is 9.59 Å². The summed E-state index contributed by atoms with van der Waals surface area (Å²) in [5.74, 6) is 0.127. The Morgan fingerprint density at radius 1 is 1.11 bits per heavy atom. The van der Waals surface area contributed by atoms with E-state index in [2.05, 4.69) is 12.2 Å². The molecule has 0 spiro atoms. The lowest BCUT2D eigenvalue weighted by Crippen LogP contribution is -2.70. The molecule has 1 heterocycles. The van der Waals surface area contributed by atoms with Gasteiger partial charge in [-0.15, -0.1) is 0 Å². The van der Waals surface area contributed by atoms with Crippen LogP contribution in [0.2, 0.25) is 0 Å². The Morgan fingerprint density at radius 3 is 2.21 bits per heavy atom. The minimum atomic E-state index is -0.628. The quantitative estimate of drug-likeness (QED) is 0.721. The second kappa shape index (κ2) is 6.92. The summed E-state index contributed by atoms with van der Waals surface area (Å²) in [5.41, 5.74) is -0.628. The second-order valence-electron chi connectivity index (χ2n) is 5.37. The first kappa shape index (κ1) is 16.0. The van der Waals surface area contributed by atoms with Crippen molar-refractivity contribution in [2.24, 2.45) is 0 Å². The highest BCUT2D eigenvalue weighted by Crippen LogP contribution is 2.29. The maximum atomic E-state index is 12.5. The van der Waals surface area contributed by atoms with Gasteiger partial charge in [0.05, 0.1) is 0 Å². The molecule has 0 saturated carbocycles. The first-order chi connectivity index (χ1) is 9.07. The smallest absolute Gasteiger partial charge is 0.246 e. The Balaban J connectivity index is 2.97. The van der Waals surface area contributed by atoms with Gasteiger partial charge in [-0.25, -0.2) is 0 Å². The topological polar surface area (TPSA) is 49.4 Å². The van der Waals surface area contributed by atoms with Gasteiger partial charge in [-0.2, -0.15) is 0 Å². The standard InChI is InChI=1S/C15H28N2O2/c1-5-9-10-11-17-13(18)12(6-2)16-14(19)15(17,7-3)8-4/h12H,5-11H2,1-4H3,(H,16,19). The molecular weight excluding hydrogens is 240 g/mol. The maximum Gasteiger partial charge on any atom is 0.246 e. The summed E-state index contributed by atoms with van der Waals surface area (Å²) in [7, 11) is 0. The third kappa shape index (κ3) is 2.93. The van der Waals surface area contributed by atoms with Crippen molar-refractivity contribution in [2.45, 2.75) is 77.8 Å². The van der Waals surface area contributed by atoms with Crippen molar-refractivity contribution in [1.82, 2.24) is 10.2 Å². The highest BCUT2D eigenvalue weighted by molar-refractivity contribution is 5.99. The van der Waals surface area contributed by atoms with E-state index in [1.54, 1.807) is 0 Å². The van der Waals surface area contributed by atoms with Gasteiger partial charge in [0.1, 0.15) is 11.6 Å². The summed E-state index contributed by atoms with van der Waals surface area (Å²) in [6.07, 6.45) is 5.24. The fraction of sp³-hybridized carbons (Fsp3) is 0.867. The zero-order chi connectivity index (χ0) is 14.5. The lowest BCUT2D eigenvalue weighted by molar-refractivity contribution is -0.158. The highest BCUT2D eigenvalue weighted by Gasteiger charge is 2.49. The van der Waals surface area contributed by atoms with Gasteiger partial charge >= 0.3 is 0 Å². The molecule has 0 aromatic rings. The van der Waals surface area contributed by atoms with E-state index in [1.807, 2.05) is 25.7 Å². The lowest BCUT2D eigenvalue weighted by Gasteiger charge is -2.47. The van der Waals surface area contributed by atoms with Gasteiger partial charge in [0.2, 0.25) is 11.8 Å². The fourth-order valence-corrected chi connectivity index (χ4v) is 2.95. The SMILES string of the molecule is CCCCCN1C(=O)C(CC)NC(=O)C1(CC)CC. The molecule has 1 saturated heterocycles. The van der Waals surface area contributed by atoms with Crippen molar-refractivity contribution in [2.75, 3.05) is 6.54 Å². The molecule has 1 unspecified atom stereocenters. The monoisotopic (exact) mass is 268 g/mol. The van der Waals surface area contributed by atoms with Crippen LogP contribution in [0.3, 0.4) is 0 Å². The van der Waals surface area contributed by atoms with Crippen LogP contribution in [0.25, 0.3) is 0 Å². The number of hydrogen-bond donors (Lipinski definition) is 1. The maximum absolute atomic E-state index is 12.5. The molecule has 19 heavy (non-hydrogen) atoms. The van der Waals surface area contributed by atoms with Gasteiger partial charge in [0, 0.05) is 6.54 Å². The second-order valence-corrected chi connectivity index (χ2v) is 5.37. The van der Waals surface area contributed by atoms with E-state index < -0.39 is 5.54 Å². The normalized spacial score (nSPS) is 22.5. The molecule has 1 rings (SSSR count). The Bertz CT molecular complexity index is 324. The van der Waals surface area contributed by atoms with Gasteiger partial charge in [-0.05, 0) is 25.7 Å². The minimum Gasteiger partial charge on any atom is -0.342 e. The van der Waals surface area contributed by atoms with E-state index >= 15 is 0 Å². The number of nitrogens with one attached hydrogen (secondary N) is 1. The molecule has 0 aromatic heterocycles. The Hall–Kier alpha value is -1.06. The number of unbranched alkanes of at least 4 members (excludes halogenated alkanes) is 2. The van der Waals surface area contributed by atoms with Gasteiger partial charge in [0.25, 0.3) is 0 Å². The summed E-state index contributed by atoms with van der Waals surface area (Å²) in [5, 5.41) is 2.90. The summed E-state index contributed by atoms with van der Waals surface area (Å²) >= 11 is 0. The molecule has 4 heteroatoms. The predicted octanol–water partition coefficient (Wildman–Crippen LogP) is 2.47. The summed E-state index contributed by atoms with van der Waals surface area (Å²) < 4.78 is 0. The van der Waals surface area contributed by atoms with Crippen molar-refractivity contribution in [3.05, 3.63) is 0 Å². The number of hydrogen-bond acceptors (Lipinski definition) is 2. The predicted molar refractivity (Wildman–Crippen MR) is 76.8 cm³/mol. The van der Waals surface area contributed by atoms with Crippen molar-refractivity contribution in [3.8, 4) is 0 Å². The molecular formula is C15H28N2O2. The van der Waals surface area contributed by atoms with Crippen LogP contribution in [-0.2, 0) is 9.59 Å².